The average molecular weight is 389 g/mol. The average Bonchev–Trinajstić information content (AvgIpc) is 2.97. The van der Waals surface area contributed by atoms with E-state index in [2.05, 4.69) is 25.3 Å². The second-order valence-electron chi connectivity index (χ2n) is 6.71. The Morgan fingerprint density at radius 3 is 2.81 bits per heavy atom. The van der Waals surface area contributed by atoms with E-state index in [0.717, 1.165) is 15.9 Å². The molecule has 0 spiro atoms. The molecule has 1 fully saturated rings. The molecule has 3 aromatic rings. The molecule has 0 aliphatic carbocycles. The first-order valence-electron chi connectivity index (χ1n) is 8.60. The first-order valence-corrected chi connectivity index (χ1v) is 9.42. The monoisotopic (exact) mass is 389 g/mol. The Balaban J connectivity index is 1.66. The van der Waals surface area contributed by atoms with Gasteiger partial charge in [0.05, 0.1) is 21.9 Å². The van der Waals surface area contributed by atoms with Crippen molar-refractivity contribution < 1.29 is 9.50 Å². The number of anilines is 1. The Bertz CT molecular complexity index is 975. The number of fused-ring (bicyclic) bond motifs is 1. The van der Waals surface area contributed by atoms with Crippen LogP contribution in [0.15, 0.2) is 18.5 Å². The summed E-state index contributed by atoms with van der Waals surface area (Å²) < 4.78 is 14.2. The minimum absolute atomic E-state index is 0.0678. The van der Waals surface area contributed by atoms with Gasteiger partial charge in [0.1, 0.15) is 11.5 Å². The zero-order chi connectivity index (χ0) is 19.1. The highest BCUT2D eigenvalue weighted by molar-refractivity contribution is 7.18. The van der Waals surface area contributed by atoms with Gasteiger partial charge in [0, 0.05) is 25.3 Å². The predicted octanol–water partition coefficient (Wildman–Crippen LogP) is 1.74. The number of rotatable bonds is 5. The van der Waals surface area contributed by atoms with E-state index < -0.39 is 12.0 Å². The van der Waals surface area contributed by atoms with Crippen molar-refractivity contribution in [1.29, 1.82) is 0 Å². The van der Waals surface area contributed by atoms with Crippen LogP contribution in [-0.2, 0) is 0 Å². The van der Waals surface area contributed by atoms with Crippen molar-refractivity contribution in [3.63, 3.8) is 0 Å². The first kappa shape index (κ1) is 18.1. The van der Waals surface area contributed by atoms with Gasteiger partial charge in [-0.1, -0.05) is 0 Å². The normalized spacial score (nSPS) is 17.7. The summed E-state index contributed by atoms with van der Waals surface area (Å²) in [5.41, 5.74) is 7.53. The van der Waals surface area contributed by atoms with Crippen molar-refractivity contribution in [3.05, 3.63) is 40.5 Å². The summed E-state index contributed by atoms with van der Waals surface area (Å²) in [7, 11) is 0. The van der Waals surface area contributed by atoms with E-state index in [1.807, 2.05) is 18.7 Å². The molecule has 0 amide bonds. The predicted molar refractivity (Wildman–Crippen MR) is 101 cm³/mol. The van der Waals surface area contributed by atoms with Gasteiger partial charge in [-0.15, -0.1) is 11.3 Å². The third-order valence-electron chi connectivity index (χ3n) is 4.49. The number of thiazole rings is 1. The molecule has 1 saturated heterocycles. The third-order valence-corrected chi connectivity index (χ3v) is 5.47. The molecule has 1 unspecified atom stereocenters. The number of nitrogens with two attached hydrogens (primary N) is 1. The van der Waals surface area contributed by atoms with Crippen LogP contribution >= 0.6 is 11.3 Å². The Labute approximate surface area is 159 Å². The Morgan fingerprint density at radius 1 is 1.33 bits per heavy atom. The summed E-state index contributed by atoms with van der Waals surface area (Å²) >= 11 is 1.44. The van der Waals surface area contributed by atoms with Crippen LogP contribution in [-0.4, -0.2) is 49.1 Å². The number of hydrogen-bond donors (Lipinski definition) is 3. The van der Waals surface area contributed by atoms with Gasteiger partial charge in [0.2, 0.25) is 5.95 Å². The van der Waals surface area contributed by atoms with Crippen molar-refractivity contribution in [1.82, 2.24) is 24.8 Å². The van der Waals surface area contributed by atoms with E-state index in [-0.39, 0.29) is 12.1 Å². The van der Waals surface area contributed by atoms with Gasteiger partial charge in [0.25, 0.3) is 0 Å². The number of likely N-dealkylation sites (tertiary alicyclic amines) is 1. The number of hydrogen-bond acceptors (Lipinski definition) is 9. The molecule has 4 N–H and O–H groups in total. The summed E-state index contributed by atoms with van der Waals surface area (Å²) in [5, 5.41) is 14.7. The smallest absolute Gasteiger partial charge is 0.225 e. The van der Waals surface area contributed by atoms with Crippen LogP contribution in [0.25, 0.3) is 10.3 Å². The number of pyridine rings is 1. The summed E-state index contributed by atoms with van der Waals surface area (Å²) in [5.74, 6) is -0.0821. The lowest BCUT2D eigenvalue weighted by molar-refractivity contribution is -0.0480. The number of aliphatic hydroxyl groups excluding tert-OH is 1. The van der Waals surface area contributed by atoms with Crippen LogP contribution in [0.5, 0.6) is 0 Å². The molecule has 10 heteroatoms. The number of aromatic nitrogens is 4. The van der Waals surface area contributed by atoms with Gasteiger partial charge in [-0.2, -0.15) is 4.98 Å². The lowest BCUT2D eigenvalue weighted by atomic mass is 10.1. The van der Waals surface area contributed by atoms with E-state index in [1.54, 1.807) is 6.20 Å². The number of aryl methyl sites for hydroxylation is 1. The van der Waals surface area contributed by atoms with E-state index in [9.17, 15) is 9.50 Å². The lowest BCUT2D eigenvalue weighted by Crippen LogP contribution is -2.56. The summed E-state index contributed by atoms with van der Waals surface area (Å²) in [4.78, 5) is 19.1. The largest absolute Gasteiger partial charge is 0.372 e. The third kappa shape index (κ3) is 3.61. The van der Waals surface area contributed by atoms with Gasteiger partial charge in [-0.25, -0.2) is 14.4 Å². The van der Waals surface area contributed by atoms with Crippen molar-refractivity contribution in [2.75, 3.05) is 18.4 Å². The molecule has 8 nitrogen and oxygen atoms in total. The molecule has 0 radical (unpaired) electrons. The van der Waals surface area contributed by atoms with Crippen LogP contribution in [0, 0.1) is 12.7 Å². The minimum atomic E-state index is -0.873. The molecule has 27 heavy (non-hydrogen) atoms. The number of nitrogens with zero attached hydrogens (tertiary/aromatic N) is 5. The molecule has 1 aliphatic rings. The molecular formula is C17H20FN7OS. The number of aliphatic hydroxyl groups is 1. The number of halogens is 1. The SMILES string of the molecule is Cc1nc2nc(N[C@@H](C)c3cncc(F)c3)nc(C(O)N3CC(N)C3)c2s1. The maximum absolute atomic E-state index is 13.4. The summed E-state index contributed by atoms with van der Waals surface area (Å²) in [6.45, 7) is 4.97. The fraction of sp³-hybridized carbons (Fsp3) is 0.412. The molecular weight excluding hydrogens is 369 g/mol. The van der Waals surface area contributed by atoms with E-state index >= 15 is 0 Å². The molecule has 4 rings (SSSR count). The van der Waals surface area contributed by atoms with Gasteiger partial charge in [0.15, 0.2) is 11.9 Å². The highest BCUT2D eigenvalue weighted by Crippen LogP contribution is 2.32. The Kier molecular flexibility index (Phi) is 4.72. The van der Waals surface area contributed by atoms with Gasteiger partial charge < -0.3 is 16.2 Å². The fourth-order valence-electron chi connectivity index (χ4n) is 3.05. The van der Waals surface area contributed by atoms with Crippen LogP contribution in [0.4, 0.5) is 10.3 Å². The van der Waals surface area contributed by atoms with Crippen molar-refractivity contribution in [3.8, 4) is 0 Å². The fourth-order valence-corrected chi connectivity index (χ4v) is 3.92. The molecule has 4 heterocycles. The highest BCUT2D eigenvalue weighted by atomic mass is 32.1. The van der Waals surface area contributed by atoms with Crippen molar-refractivity contribution >= 4 is 27.6 Å². The molecule has 0 bridgehead atoms. The highest BCUT2D eigenvalue weighted by Gasteiger charge is 2.32. The van der Waals surface area contributed by atoms with Crippen molar-refractivity contribution in [2.24, 2.45) is 5.73 Å². The molecule has 0 aromatic carbocycles. The van der Waals surface area contributed by atoms with Gasteiger partial charge >= 0.3 is 0 Å². The Hall–Kier alpha value is -2.27. The van der Waals surface area contributed by atoms with E-state index in [4.69, 9.17) is 5.73 Å². The van der Waals surface area contributed by atoms with E-state index in [1.165, 1.54) is 17.4 Å². The summed E-state index contributed by atoms with van der Waals surface area (Å²) in [6, 6.07) is 1.21. The second-order valence-corrected chi connectivity index (χ2v) is 7.91. The topological polar surface area (TPSA) is 113 Å². The van der Waals surface area contributed by atoms with Crippen LogP contribution in [0.3, 0.4) is 0 Å². The van der Waals surface area contributed by atoms with Crippen molar-refractivity contribution in [2.45, 2.75) is 32.2 Å². The van der Waals surface area contributed by atoms with Crippen LogP contribution in [0.1, 0.15) is 35.5 Å². The molecule has 142 valence electrons. The second kappa shape index (κ2) is 7.04. The maximum atomic E-state index is 13.4. The maximum Gasteiger partial charge on any atom is 0.225 e. The standard InChI is InChI=1S/C17H20FN7OS/c1-8(10-3-11(18)5-20-4-10)21-17-23-13(16(26)25-6-12(19)7-25)14-15(24-17)22-9(2)27-14/h3-5,8,12,16,26H,6-7,19H2,1-2H3,(H,21,23,24)/t8-,16?/m0/s1. The zero-order valence-corrected chi connectivity index (χ0v) is 15.7. The molecule has 0 saturated carbocycles. The first-order chi connectivity index (χ1) is 12.9. The Morgan fingerprint density at radius 2 is 2.11 bits per heavy atom. The van der Waals surface area contributed by atoms with Crippen LogP contribution < -0.4 is 11.1 Å². The number of nitrogens with one attached hydrogen (secondary N) is 1. The van der Waals surface area contributed by atoms with E-state index in [0.29, 0.717) is 35.9 Å². The van der Waals surface area contributed by atoms with Gasteiger partial charge in [-0.3, -0.25) is 9.88 Å². The quantitative estimate of drug-likeness (QED) is 0.605. The minimum Gasteiger partial charge on any atom is -0.372 e. The molecule has 3 aromatic heterocycles. The zero-order valence-electron chi connectivity index (χ0n) is 14.9. The summed E-state index contributed by atoms with van der Waals surface area (Å²) in [6.07, 6.45) is 1.87. The lowest BCUT2D eigenvalue weighted by Gasteiger charge is -2.39. The van der Waals surface area contributed by atoms with Crippen LogP contribution in [0.2, 0.25) is 0 Å². The molecule has 1 aliphatic heterocycles. The molecule has 2 atom stereocenters. The van der Waals surface area contributed by atoms with Gasteiger partial charge in [-0.05, 0) is 25.5 Å².